The Kier molecular flexibility index (Phi) is 4.95. The first-order valence-electron chi connectivity index (χ1n) is 10.5. The molecule has 0 spiro atoms. The van der Waals surface area contributed by atoms with Crippen LogP contribution in [-0.2, 0) is 9.53 Å². The van der Waals surface area contributed by atoms with E-state index in [1.807, 2.05) is 19.1 Å². The molecule has 0 aliphatic heterocycles. The van der Waals surface area contributed by atoms with E-state index in [9.17, 15) is 4.79 Å². The Morgan fingerprint density at radius 2 is 1.43 bits per heavy atom. The molecule has 1 saturated carbocycles. The van der Waals surface area contributed by atoms with Gasteiger partial charge in [0.25, 0.3) is 0 Å². The summed E-state index contributed by atoms with van der Waals surface area (Å²) in [6, 6.07) is 25.4. The molecule has 152 valence electrons. The Labute approximate surface area is 179 Å². The number of ether oxygens (including phenoxy) is 2. The second-order valence-electron chi connectivity index (χ2n) is 8.19. The van der Waals surface area contributed by atoms with Gasteiger partial charge in [0.1, 0.15) is 11.4 Å². The van der Waals surface area contributed by atoms with E-state index in [0.29, 0.717) is 5.75 Å². The summed E-state index contributed by atoms with van der Waals surface area (Å²) in [5, 5.41) is 2.64. The van der Waals surface area contributed by atoms with Crippen molar-refractivity contribution >= 4 is 36.6 Å². The predicted octanol–water partition coefficient (Wildman–Crippen LogP) is 6.99. The fourth-order valence-electron chi connectivity index (χ4n) is 4.45. The monoisotopic (exact) mass is 417 g/mol. The van der Waals surface area contributed by atoms with Crippen LogP contribution >= 0.6 is 10.5 Å². The average molecular weight is 418 g/mol. The summed E-state index contributed by atoms with van der Waals surface area (Å²) in [6.07, 6.45) is 4.14. The lowest BCUT2D eigenvalue weighted by Gasteiger charge is -2.23. The summed E-state index contributed by atoms with van der Waals surface area (Å²) in [6.45, 7) is 1.97. The Hall–Kier alpha value is -2.85. The fraction of sp³-hybridized carbons (Fsp3) is 0.269. The Morgan fingerprint density at radius 1 is 0.867 bits per heavy atom. The molecule has 0 bridgehead atoms. The highest BCUT2D eigenvalue weighted by molar-refractivity contribution is 7.50. The van der Waals surface area contributed by atoms with Crippen LogP contribution in [0.1, 0.15) is 32.6 Å². The van der Waals surface area contributed by atoms with Gasteiger partial charge in [-0.25, -0.2) is 4.79 Å². The minimum atomic E-state index is -0.311. The molecule has 0 atom stereocenters. The highest BCUT2D eigenvalue weighted by Crippen LogP contribution is 2.48. The minimum Gasteiger partial charge on any atom is -0.482 e. The molecule has 1 aliphatic carbocycles. The van der Waals surface area contributed by atoms with Gasteiger partial charge in [-0.1, -0.05) is 24.3 Å². The van der Waals surface area contributed by atoms with Crippen LogP contribution in [-0.4, -0.2) is 18.2 Å². The summed E-state index contributed by atoms with van der Waals surface area (Å²) < 4.78 is 14.1. The summed E-state index contributed by atoms with van der Waals surface area (Å²) in [4.78, 5) is 13.4. The van der Waals surface area contributed by atoms with Crippen molar-refractivity contribution in [2.75, 3.05) is 6.61 Å². The van der Waals surface area contributed by atoms with Gasteiger partial charge in [0.2, 0.25) is 0 Å². The van der Waals surface area contributed by atoms with Crippen LogP contribution in [0.15, 0.2) is 72.8 Å². The van der Waals surface area contributed by atoms with Crippen molar-refractivity contribution in [2.24, 2.45) is 0 Å². The number of carbonyl (C=O) groups excluding carboxylic acids is 1. The molecular weight excluding hydrogens is 392 g/mol. The zero-order valence-corrected chi connectivity index (χ0v) is 17.9. The van der Waals surface area contributed by atoms with Crippen molar-refractivity contribution in [1.82, 2.24) is 0 Å². The van der Waals surface area contributed by atoms with E-state index in [-0.39, 0.29) is 28.6 Å². The summed E-state index contributed by atoms with van der Waals surface area (Å²) in [5.74, 6) is 0.403. The van der Waals surface area contributed by atoms with Crippen molar-refractivity contribution in [3.05, 3.63) is 72.8 Å². The van der Waals surface area contributed by atoms with Gasteiger partial charge < -0.3 is 9.47 Å². The first-order valence-corrected chi connectivity index (χ1v) is 11.7. The quantitative estimate of drug-likeness (QED) is 0.259. The molecule has 1 aromatic heterocycles. The lowest BCUT2D eigenvalue weighted by atomic mass is 10.1. The van der Waals surface area contributed by atoms with Crippen molar-refractivity contribution < 1.29 is 14.3 Å². The van der Waals surface area contributed by atoms with E-state index >= 15 is 0 Å². The number of esters is 1. The second kappa shape index (κ2) is 7.77. The third-order valence-electron chi connectivity index (χ3n) is 5.94. The predicted molar refractivity (Wildman–Crippen MR) is 124 cm³/mol. The summed E-state index contributed by atoms with van der Waals surface area (Å²) in [5.41, 5.74) is -0.311. The van der Waals surface area contributed by atoms with Crippen LogP contribution in [0, 0.1) is 0 Å². The molecule has 1 fully saturated rings. The number of hydrogen-bond donors (Lipinski definition) is 0. The van der Waals surface area contributed by atoms with Crippen LogP contribution in [0.25, 0.3) is 25.1 Å². The van der Waals surface area contributed by atoms with E-state index in [2.05, 4.69) is 60.7 Å². The van der Waals surface area contributed by atoms with Crippen LogP contribution in [0.5, 0.6) is 5.75 Å². The number of benzene rings is 3. The number of hydrogen-bond acceptors (Lipinski definition) is 3. The van der Waals surface area contributed by atoms with Crippen LogP contribution in [0.2, 0.25) is 0 Å². The highest BCUT2D eigenvalue weighted by atomic mass is 32.2. The molecule has 4 aromatic rings. The van der Waals surface area contributed by atoms with Crippen LogP contribution in [0.4, 0.5) is 0 Å². The maximum atomic E-state index is 12.2. The SMILES string of the molecule is CC1(OC(=O)COc2ccc(-[s+]3c4ccccc4c4ccccc43)cc2)CCCC1. The van der Waals surface area contributed by atoms with E-state index in [1.54, 1.807) is 0 Å². The van der Waals surface area contributed by atoms with Crippen LogP contribution in [0.3, 0.4) is 0 Å². The smallest absolute Gasteiger partial charge is 0.344 e. The van der Waals surface area contributed by atoms with Crippen molar-refractivity contribution in [2.45, 2.75) is 38.2 Å². The molecule has 3 nitrogen and oxygen atoms in total. The molecule has 0 N–H and O–H groups in total. The molecule has 0 unspecified atom stereocenters. The lowest BCUT2D eigenvalue weighted by Crippen LogP contribution is -2.30. The van der Waals surface area contributed by atoms with Crippen LogP contribution < -0.4 is 4.74 Å². The van der Waals surface area contributed by atoms with Gasteiger partial charge in [0, 0.05) is 33.4 Å². The number of rotatable bonds is 5. The molecule has 30 heavy (non-hydrogen) atoms. The zero-order chi connectivity index (χ0) is 20.6. The van der Waals surface area contributed by atoms with Crippen molar-refractivity contribution in [3.8, 4) is 10.6 Å². The fourth-order valence-corrected chi connectivity index (χ4v) is 6.83. The molecule has 0 radical (unpaired) electrons. The Bertz CT molecular complexity index is 1150. The van der Waals surface area contributed by atoms with E-state index < -0.39 is 0 Å². The number of fused-ring (bicyclic) bond motifs is 3. The topological polar surface area (TPSA) is 35.5 Å². The molecule has 1 heterocycles. The lowest BCUT2D eigenvalue weighted by molar-refractivity contribution is -0.159. The van der Waals surface area contributed by atoms with E-state index in [4.69, 9.17) is 9.47 Å². The Balaban J connectivity index is 1.36. The third kappa shape index (κ3) is 3.56. The standard InChI is InChI=1S/C26H25O3S/c1-26(16-6-7-17-26)29-25(27)18-28-19-12-14-20(15-13-19)30-23-10-4-2-8-21(23)22-9-3-5-11-24(22)30/h2-5,8-15H,6-7,16-18H2,1H3/q+1. The number of thiophene rings is 1. The van der Waals surface area contributed by atoms with Gasteiger partial charge in [0.05, 0.1) is 0 Å². The molecule has 1 aliphatic rings. The first kappa shape index (κ1) is 19.1. The zero-order valence-electron chi connectivity index (χ0n) is 17.1. The second-order valence-corrected chi connectivity index (χ2v) is 10.2. The minimum absolute atomic E-state index is 0.0493. The maximum Gasteiger partial charge on any atom is 0.344 e. The summed E-state index contributed by atoms with van der Waals surface area (Å²) in [7, 11) is -0.118. The van der Waals surface area contributed by atoms with Crippen molar-refractivity contribution in [1.29, 1.82) is 0 Å². The van der Waals surface area contributed by atoms with Gasteiger partial charge in [-0.05, 0) is 69.0 Å². The third-order valence-corrected chi connectivity index (χ3v) is 8.28. The molecule has 4 heteroatoms. The maximum absolute atomic E-state index is 12.2. The summed E-state index contributed by atoms with van der Waals surface area (Å²) >= 11 is 0. The van der Waals surface area contributed by atoms with Gasteiger partial charge in [-0.3, -0.25) is 0 Å². The first-order chi connectivity index (χ1) is 14.6. The van der Waals surface area contributed by atoms with Crippen molar-refractivity contribution in [3.63, 3.8) is 0 Å². The largest absolute Gasteiger partial charge is 0.482 e. The van der Waals surface area contributed by atoms with Gasteiger partial charge in [0.15, 0.2) is 20.9 Å². The molecule has 5 rings (SSSR count). The van der Waals surface area contributed by atoms with E-state index in [0.717, 1.165) is 25.7 Å². The van der Waals surface area contributed by atoms with Gasteiger partial charge >= 0.3 is 5.97 Å². The molecule has 0 amide bonds. The van der Waals surface area contributed by atoms with E-state index in [1.165, 1.54) is 25.1 Å². The van der Waals surface area contributed by atoms with Gasteiger partial charge in [-0.2, -0.15) is 0 Å². The normalized spacial score (nSPS) is 15.5. The molecular formula is C26H25O3S+. The number of carbonyl (C=O) groups is 1. The molecule has 3 aromatic carbocycles. The average Bonchev–Trinajstić information content (AvgIpc) is 3.34. The molecule has 0 saturated heterocycles. The van der Waals surface area contributed by atoms with Gasteiger partial charge in [-0.15, -0.1) is 0 Å². The highest BCUT2D eigenvalue weighted by Gasteiger charge is 2.32. The Morgan fingerprint density at radius 3 is 2.03 bits per heavy atom.